The first kappa shape index (κ1) is 15.5. The quantitative estimate of drug-likeness (QED) is 0.826. The molecule has 0 unspecified atom stereocenters. The molecule has 0 fully saturated rings. The van der Waals surface area contributed by atoms with E-state index in [1.165, 1.54) is 0 Å². The minimum atomic E-state index is -0.570. The number of benzene rings is 2. The van der Waals surface area contributed by atoms with Crippen molar-refractivity contribution < 1.29 is 9.84 Å². The lowest BCUT2D eigenvalue weighted by atomic mass is 10.1. The highest BCUT2D eigenvalue weighted by Gasteiger charge is 2.10. The van der Waals surface area contributed by atoms with E-state index in [2.05, 4.69) is 0 Å². The Bertz CT molecular complexity index is 592. The fourth-order valence-electron chi connectivity index (χ4n) is 1.71. The average molecular weight is 332 g/mol. The van der Waals surface area contributed by atoms with Crippen molar-refractivity contribution in [2.75, 3.05) is 0 Å². The van der Waals surface area contributed by atoms with Gasteiger partial charge in [-0.3, -0.25) is 0 Å². The summed E-state index contributed by atoms with van der Waals surface area (Å²) in [6.07, 6.45) is -0.570. The van der Waals surface area contributed by atoms with Crippen LogP contribution in [0.15, 0.2) is 36.4 Å². The Morgan fingerprint density at radius 3 is 2.25 bits per heavy atom. The molecule has 0 amide bonds. The van der Waals surface area contributed by atoms with Crippen LogP contribution in [0.3, 0.4) is 0 Å². The third-order valence-electron chi connectivity index (χ3n) is 2.87. The highest BCUT2D eigenvalue weighted by atomic mass is 35.5. The standard InChI is InChI=1S/C15H13Cl3O2/c1-9(19)10-5-6-15(14(18)7-10)20-8-11-12(16)3-2-4-13(11)17/h2-7,9,19H,8H2,1H3/t9-/m0/s1. The third kappa shape index (κ3) is 3.58. The molecule has 1 N–H and O–H groups in total. The van der Waals surface area contributed by atoms with E-state index in [4.69, 9.17) is 39.5 Å². The van der Waals surface area contributed by atoms with E-state index in [1.807, 2.05) is 0 Å². The molecule has 0 aliphatic heterocycles. The van der Waals surface area contributed by atoms with Gasteiger partial charge >= 0.3 is 0 Å². The summed E-state index contributed by atoms with van der Waals surface area (Å²) in [5.41, 5.74) is 1.45. The third-order valence-corrected chi connectivity index (χ3v) is 3.88. The molecule has 0 aliphatic carbocycles. The van der Waals surface area contributed by atoms with Crippen molar-refractivity contribution in [2.45, 2.75) is 19.6 Å². The van der Waals surface area contributed by atoms with Crippen LogP contribution in [0.1, 0.15) is 24.2 Å². The van der Waals surface area contributed by atoms with E-state index < -0.39 is 6.10 Å². The van der Waals surface area contributed by atoms with E-state index >= 15 is 0 Å². The van der Waals surface area contributed by atoms with Crippen LogP contribution in [-0.2, 0) is 6.61 Å². The van der Waals surface area contributed by atoms with E-state index in [-0.39, 0.29) is 6.61 Å². The van der Waals surface area contributed by atoms with Crippen LogP contribution in [-0.4, -0.2) is 5.11 Å². The highest BCUT2D eigenvalue weighted by Crippen LogP contribution is 2.30. The second kappa shape index (κ2) is 6.68. The van der Waals surface area contributed by atoms with Crippen LogP contribution in [0, 0.1) is 0 Å². The zero-order valence-electron chi connectivity index (χ0n) is 10.7. The van der Waals surface area contributed by atoms with Crippen LogP contribution < -0.4 is 4.74 Å². The van der Waals surface area contributed by atoms with Crippen molar-refractivity contribution in [3.63, 3.8) is 0 Å². The van der Waals surface area contributed by atoms with Gasteiger partial charge in [0.05, 0.1) is 11.1 Å². The predicted octanol–water partition coefficient (Wildman–Crippen LogP) is 5.28. The maximum absolute atomic E-state index is 9.49. The number of hydrogen-bond donors (Lipinski definition) is 1. The van der Waals surface area contributed by atoms with Gasteiger partial charge in [0.25, 0.3) is 0 Å². The summed E-state index contributed by atoms with van der Waals surface area (Å²) in [6, 6.07) is 10.4. The molecule has 0 aromatic heterocycles. The topological polar surface area (TPSA) is 29.5 Å². The van der Waals surface area contributed by atoms with Gasteiger partial charge in [-0.1, -0.05) is 46.9 Å². The second-order valence-corrected chi connectivity index (χ2v) is 5.58. The van der Waals surface area contributed by atoms with Gasteiger partial charge in [0, 0.05) is 15.6 Å². The summed E-state index contributed by atoms with van der Waals surface area (Å²) < 4.78 is 5.64. The number of aliphatic hydroxyl groups excluding tert-OH is 1. The maximum atomic E-state index is 9.49. The second-order valence-electron chi connectivity index (χ2n) is 4.35. The Kier molecular flexibility index (Phi) is 5.17. The van der Waals surface area contributed by atoms with Crippen molar-refractivity contribution >= 4 is 34.8 Å². The first-order valence-electron chi connectivity index (χ1n) is 6.02. The molecule has 0 heterocycles. The summed E-state index contributed by atoms with van der Waals surface area (Å²) in [4.78, 5) is 0. The van der Waals surface area contributed by atoms with Gasteiger partial charge in [0.15, 0.2) is 0 Å². The molecule has 0 saturated carbocycles. The van der Waals surface area contributed by atoms with E-state index in [9.17, 15) is 5.11 Å². The molecule has 0 bridgehead atoms. The smallest absolute Gasteiger partial charge is 0.138 e. The highest BCUT2D eigenvalue weighted by molar-refractivity contribution is 6.36. The molecule has 0 saturated heterocycles. The predicted molar refractivity (Wildman–Crippen MR) is 82.9 cm³/mol. The average Bonchev–Trinajstić information content (AvgIpc) is 2.39. The molecule has 20 heavy (non-hydrogen) atoms. The van der Waals surface area contributed by atoms with Gasteiger partial charge in [-0.25, -0.2) is 0 Å². The summed E-state index contributed by atoms with van der Waals surface area (Å²) in [5.74, 6) is 0.520. The van der Waals surface area contributed by atoms with Crippen molar-refractivity contribution in [3.05, 3.63) is 62.6 Å². The first-order chi connectivity index (χ1) is 9.49. The Hall–Kier alpha value is -0.930. The molecule has 1 atom stereocenters. The fraction of sp³-hybridized carbons (Fsp3) is 0.200. The maximum Gasteiger partial charge on any atom is 0.138 e. The van der Waals surface area contributed by atoms with Crippen LogP contribution >= 0.6 is 34.8 Å². The summed E-state index contributed by atoms with van der Waals surface area (Å²) in [6.45, 7) is 1.90. The van der Waals surface area contributed by atoms with Gasteiger partial charge in [0.2, 0.25) is 0 Å². The summed E-state index contributed by atoms with van der Waals surface area (Å²) in [5, 5.41) is 11.0. The molecule has 0 aliphatic rings. The number of ether oxygens (including phenoxy) is 1. The van der Waals surface area contributed by atoms with E-state index in [0.29, 0.717) is 26.4 Å². The Morgan fingerprint density at radius 2 is 1.70 bits per heavy atom. The molecular weight excluding hydrogens is 319 g/mol. The number of rotatable bonds is 4. The van der Waals surface area contributed by atoms with Gasteiger partial charge in [0.1, 0.15) is 12.4 Å². The van der Waals surface area contributed by atoms with Crippen molar-refractivity contribution in [1.29, 1.82) is 0 Å². The number of halogens is 3. The van der Waals surface area contributed by atoms with Gasteiger partial charge < -0.3 is 9.84 Å². The molecule has 2 aromatic carbocycles. The van der Waals surface area contributed by atoms with Crippen LogP contribution in [0.25, 0.3) is 0 Å². The van der Waals surface area contributed by atoms with Crippen LogP contribution in [0.4, 0.5) is 0 Å². The molecule has 0 radical (unpaired) electrons. The largest absolute Gasteiger partial charge is 0.487 e. The van der Waals surface area contributed by atoms with Crippen molar-refractivity contribution in [2.24, 2.45) is 0 Å². The molecular formula is C15H13Cl3O2. The van der Waals surface area contributed by atoms with Gasteiger partial charge in [-0.05, 0) is 36.8 Å². The van der Waals surface area contributed by atoms with Gasteiger partial charge in [-0.15, -0.1) is 0 Å². The SMILES string of the molecule is C[C@H](O)c1ccc(OCc2c(Cl)cccc2Cl)c(Cl)c1. The zero-order chi connectivity index (χ0) is 14.7. The Morgan fingerprint density at radius 1 is 1.05 bits per heavy atom. The van der Waals surface area contributed by atoms with E-state index in [1.54, 1.807) is 43.3 Å². The van der Waals surface area contributed by atoms with E-state index in [0.717, 1.165) is 5.56 Å². The van der Waals surface area contributed by atoms with Gasteiger partial charge in [-0.2, -0.15) is 0 Å². The minimum absolute atomic E-state index is 0.228. The first-order valence-corrected chi connectivity index (χ1v) is 7.15. The zero-order valence-corrected chi connectivity index (χ0v) is 13.0. The monoisotopic (exact) mass is 330 g/mol. The van der Waals surface area contributed by atoms with Crippen molar-refractivity contribution in [1.82, 2.24) is 0 Å². The molecule has 5 heteroatoms. The summed E-state index contributed by atoms with van der Waals surface area (Å²) in [7, 11) is 0. The number of hydrogen-bond acceptors (Lipinski definition) is 2. The van der Waals surface area contributed by atoms with Crippen molar-refractivity contribution in [3.8, 4) is 5.75 Å². The Balaban J connectivity index is 2.15. The van der Waals surface area contributed by atoms with Crippen LogP contribution in [0.5, 0.6) is 5.75 Å². The van der Waals surface area contributed by atoms with Crippen LogP contribution in [0.2, 0.25) is 15.1 Å². The summed E-state index contributed by atoms with van der Waals surface area (Å²) >= 11 is 18.3. The molecule has 0 spiro atoms. The lowest BCUT2D eigenvalue weighted by Gasteiger charge is -2.12. The lowest BCUT2D eigenvalue weighted by Crippen LogP contribution is -1.99. The molecule has 2 nitrogen and oxygen atoms in total. The molecule has 2 rings (SSSR count). The fourth-order valence-corrected chi connectivity index (χ4v) is 2.46. The molecule has 2 aromatic rings. The minimum Gasteiger partial charge on any atom is -0.487 e. The lowest BCUT2D eigenvalue weighted by molar-refractivity contribution is 0.199. The Labute approximate surface area is 132 Å². The molecule has 106 valence electrons. The number of aliphatic hydroxyl groups is 1. The normalized spacial score (nSPS) is 12.2.